The summed E-state index contributed by atoms with van der Waals surface area (Å²) in [7, 11) is 0. The number of nitrogens with zero attached hydrogens (tertiary/aromatic N) is 1. The molecule has 1 aliphatic heterocycles. The molecule has 0 amide bonds. The molecule has 3 nitrogen and oxygen atoms in total. The van der Waals surface area contributed by atoms with Gasteiger partial charge in [0, 0.05) is 17.6 Å². The summed E-state index contributed by atoms with van der Waals surface area (Å²) in [6.07, 6.45) is 8.68. The Labute approximate surface area is 126 Å². The molecule has 0 radical (unpaired) electrons. The second kappa shape index (κ2) is 9.01. The number of likely N-dealkylation sites (tertiary alicyclic amines) is 1. The number of hydrogen-bond acceptors (Lipinski definition) is 3. The summed E-state index contributed by atoms with van der Waals surface area (Å²) >= 11 is 0. The maximum atomic E-state index is 9.78. The van der Waals surface area contributed by atoms with E-state index in [0.29, 0.717) is 6.04 Å². The third kappa shape index (κ3) is 5.34. The van der Waals surface area contributed by atoms with E-state index in [9.17, 15) is 5.11 Å². The van der Waals surface area contributed by atoms with E-state index in [0.717, 1.165) is 18.9 Å². The van der Waals surface area contributed by atoms with Crippen LogP contribution in [0.1, 0.15) is 72.6 Å². The highest BCUT2D eigenvalue weighted by Gasteiger charge is 2.28. The van der Waals surface area contributed by atoms with Crippen LogP contribution >= 0.6 is 0 Å². The molecule has 1 saturated heterocycles. The lowest BCUT2D eigenvalue weighted by Crippen LogP contribution is -2.51. The largest absolute Gasteiger partial charge is 0.394 e. The van der Waals surface area contributed by atoms with Crippen LogP contribution in [0.15, 0.2) is 0 Å². The van der Waals surface area contributed by atoms with Gasteiger partial charge < -0.3 is 15.3 Å². The number of nitrogens with one attached hydrogen (secondary N) is 1. The summed E-state index contributed by atoms with van der Waals surface area (Å²) in [4.78, 5) is 2.68. The number of hydrogen-bond donors (Lipinski definition) is 2. The molecule has 1 rings (SSSR count). The van der Waals surface area contributed by atoms with E-state index in [2.05, 4.69) is 37.9 Å². The van der Waals surface area contributed by atoms with Crippen LogP contribution < -0.4 is 5.32 Å². The fourth-order valence-corrected chi connectivity index (χ4v) is 3.64. The summed E-state index contributed by atoms with van der Waals surface area (Å²) in [6, 6.07) is 1.23. The molecular formula is C17H36N2O. The molecule has 0 aromatic heterocycles. The minimum atomic E-state index is -0.0777. The number of piperidine rings is 1. The van der Waals surface area contributed by atoms with Crippen LogP contribution in [0.2, 0.25) is 0 Å². The molecule has 3 heteroatoms. The van der Waals surface area contributed by atoms with E-state index in [-0.39, 0.29) is 12.1 Å². The fraction of sp³-hybridized carbons (Fsp3) is 1.00. The highest BCUT2D eigenvalue weighted by Crippen LogP contribution is 2.22. The highest BCUT2D eigenvalue weighted by atomic mass is 16.3. The van der Waals surface area contributed by atoms with E-state index in [1.54, 1.807) is 0 Å². The molecule has 1 heterocycles. The van der Waals surface area contributed by atoms with Crippen molar-refractivity contribution in [3.05, 3.63) is 0 Å². The summed E-state index contributed by atoms with van der Waals surface area (Å²) in [5.41, 5.74) is -0.0777. The Morgan fingerprint density at radius 2 is 2.05 bits per heavy atom. The average molecular weight is 284 g/mol. The van der Waals surface area contributed by atoms with Gasteiger partial charge in [0.25, 0.3) is 0 Å². The Bertz CT molecular complexity index is 251. The van der Waals surface area contributed by atoms with Crippen molar-refractivity contribution in [3.63, 3.8) is 0 Å². The van der Waals surface area contributed by atoms with Crippen molar-refractivity contribution in [2.75, 3.05) is 19.7 Å². The van der Waals surface area contributed by atoms with Crippen LogP contribution in [0.5, 0.6) is 0 Å². The molecule has 2 unspecified atom stereocenters. The van der Waals surface area contributed by atoms with Crippen LogP contribution in [0.4, 0.5) is 0 Å². The zero-order chi connectivity index (χ0) is 15.0. The number of rotatable bonds is 9. The van der Waals surface area contributed by atoms with Crippen molar-refractivity contribution < 1.29 is 5.11 Å². The minimum Gasteiger partial charge on any atom is -0.394 e. The van der Waals surface area contributed by atoms with Crippen LogP contribution in [0, 0.1) is 0 Å². The van der Waals surface area contributed by atoms with Crippen molar-refractivity contribution in [3.8, 4) is 0 Å². The molecule has 0 spiro atoms. The first-order valence-corrected chi connectivity index (χ1v) is 8.69. The van der Waals surface area contributed by atoms with Crippen LogP contribution in [-0.4, -0.2) is 47.3 Å². The van der Waals surface area contributed by atoms with Crippen LogP contribution in [-0.2, 0) is 0 Å². The van der Waals surface area contributed by atoms with Gasteiger partial charge in [-0.1, -0.05) is 34.1 Å². The standard InChI is InChI=1S/C17H36N2O/c1-5-16-10-7-8-12-19(16)13-9-11-17(6-2,14-20)18-15(3)4/h15-16,18,20H,5-14H2,1-4H3. The maximum Gasteiger partial charge on any atom is 0.0613 e. The smallest absolute Gasteiger partial charge is 0.0613 e. The lowest BCUT2D eigenvalue weighted by atomic mass is 9.89. The van der Waals surface area contributed by atoms with Gasteiger partial charge in [0.05, 0.1) is 6.61 Å². The Morgan fingerprint density at radius 1 is 1.30 bits per heavy atom. The first kappa shape index (κ1) is 17.9. The van der Waals surface area contributed by atoms with Gasteiger partial charge in [0.2, 0.25) is 0 Å². The Morgan fingerprint density at radius 3 is 2.60 bits per heavy atom. The third-order valence-electron chi connectivity index (χ3n) is 4.90. The normalized spacial score (nSPS) is 24.0. The van der Waals surface area contributed by atoms with Gasteiger partial charge in [-0.05, 0) is 51.6 Å². The van der Waals surface area contributed by atoms with Crippen LogP contribution in [0.25, 0.3) is 0 Å². The summed E-state index contributed by atoms with van der Waals surface area (Å²) in [5, 5.41) is 13.4. The van der Waals surface area contributed by atoms with Crippen molar-refractivity contribution in [2.24, 2.45) is 0 Å². The van der Waals surface area contributed by atoms with Gasteiger partial charge in [0.15, 0.2) is 0 Å². The second-order valence-electron chi connectivity index (χ2n) is 6.79. The van der Waals surface area contributed by atoms with E-state index in [1.807, 2.05) is 0 Å². The third-order valence-corrected chi connectivity index (χ3v) is 4.90. The summed E-state index contributed by atoms with van der Waals surface area (Å²) in [5.74, 6) is 0. The van der Waals surface area contributed by atoms with Crippen molar-refractivity contribution in [1.82, 2.24) is 10.2 Å². The average Bonchev–Trinajstić information content (AvgIpc) is 2.46. The molecule has 0 saturated carbocycles. The SMILES string of the molecule is CCC1CCCCN1CCCC(CC)(CO)NC(C)C. The maximum absolute atomic E-state index is 9.78. The molecular weight excluding hydrogens is 248 g/mol. The molecule has 0 aromatic carbocycles. The van der Waals surface area contributed by atoms with E-state index >= 15 is 0 Å². The molecule has 2 atom stereocenters. The molecule has 1 fully saturated rings. The minimum absolute atomic E-state index is 0.0777. The Kier molecular flexibility index (Phi) is 8.08. The topological polar surface area (TPSA) is 35.5 Å². The number of aliphatic hydroxyl groups is 1. The molecule has 0 aliphatic carbocycles. The molecule has 0 bridgehead atoms. The predicted octanol–water partition coefficient (Wildman–Crippen LogP) is 3.17. The van der Waals surface area contributed by atoms with Crippen molar-refractivity contribution >= 4 is 0 Å². The molecule has 2 N–H and O–H groups in total. The second-order valence-corrected chi connectivity index (χ2v) is 6.79. The molecule has 1 aliphatic rings. The van der Waals surface area contributed by atoms with Gasteiger partial charge >= 0.3 is 0 Å². The van der Waals surface area contributed by atoms with Crippen molar-refractivity contribution in [2.45, 2.75) is 90.3 Å². The van der Waals surface area contributed by atoms with Gasteiger partial charge in [-0.25, -0.2) is 0 Å². The zero-order valence-electron chi connectivity index (χ0n) is 14.1. The molecule has 0 aromatic rings. The van der Waals surface area contributed by atoms with Crippen LogP contribution in [0.3, 0.4) is 0 Å². The Balaban J connectivity index is 2.43. The van der Waals surface area contributed by atoms with Crippen molar-refractivity contribution in [1.29, 1.82) is 0 Å². The Hall–Kier alpha value is -0.120. The van der Waals surface area contributed by atoms with Gasteiger partial charge in [-0.3, -0.25) is 0 Å². The fourth-order valence-electron chi connectivity index (χ4n) is 3.64. The monoisotopic (exact) mass is 284 g/mol. The van der Waals surface area contributed by atoms with Gasteiger partial charge in [-0.15, -0.1) is 0 Å². The lowest BCUT2D eigenvalue weighted by Gasteiger charge is -2.38. The molecule has 120 valence electrons. The van der Waals surface area contributed by atoms with Gasteiger partial charge in [0.1, 0.15) is 0 Å². The van der Waals surface area contributed by atoms with E-state index in [1.165, 1.54) is 45.2 Å². The van der Waals surface area contributed by atoms with E-state index in [4.69, 9.17) is 0 Å². The number of aliphatic hydroxyl groups excluding tert-OH is 1. The summed E-state index contributed by atoms with van der Waals surface area (Å²) in [6.45, 7) is 11.5. The lowest BCUT2D eigenvalue weighted by molar-refractivity contribution is 0.111. The van der Waals surface area contributed by atoms with Gasteiger partial charge in [-0.2, -0.15) is 0 Å². The zero-order valence-corrected chi connectivity index (χ0v) is 14.1. The first-order chi connectivity index (χ1) is 9.56. The first-order valence-electron chi connectivity index (χ1n) is 8.69. The highest BCUT2D eigenvalue weighted by molar-refractivity contribution is 4.88. The predicted molar refractivity (Wildman–Crippen MR) is 87.1 cm³/mol. The molecule has 20 heavy (non-hydrogen) atoms. The summed E-state index contributed by atoms with van der Waals surface area (Å²) < 4.78 is 0. The van der Waals surface area contributed by atoms with E-state index < -0.39 is 0 Å². The quantitative estimate of drug-likeness (QED) is 0.682.